The summed E-state index contributed by atoms with van der Waals surface area (Å²) in [5.41, 5.74) is 7.74. The maximum Gasteiger partial charge on any atom is 0.405 e. The molecule has 2 bridgehead atoms. The minimum absolute atomic E-state index is 0.0259. The zero-order chi connectivity index (χ0) is 31.8. The molecule has 0 spiro atoms. The van der Waals surface area contributed by atoms with Gasteiger partial charge < -0.3 is 40.6 Å². The van der Waals surface area contributed by atoms with Crippen LogP contribution in [0.5, 0.6) is 11.5 Å². The summed E-state index contributed by atoms with van der Waals surface area (Å²) >= 11 is 1.39. The molecular weight excluding hydrogens is 572 g/mol. The number of benzene rings is 1. The Morgan fingerprint density at radius 1 is 1.16 bits per heavy atom. The van der Waals surface area contributed by atoms with Gasteiger partial charge in [0.05, 0.1) is 17.9 Å². The second-order valence-electron chi connectivity index (χ2n) is 10.5. The van der Waals surface area contributed by atoms with Gasteiger partial charge in [-0.3, -0.25) is 4.79 Å². The zero-order valence-electron chi connectivity index (χ0n) is 25.2. The average Bonchev–Trinajstić information content (AvgIpc) is 3.48. The van der Waals surface area contributed by atoms with Crippen LogP contribution in [-0.2, 0) is 19.0 Å². The topological polar surface area (TPSA) is 161 Å². The molecule has 5 atom stereocenters. The second-order valence-corrected chi connectivity index (χ2v) is 11.5. The molecule has 1 aromatic carbocycles. The molecular formula is C32H40N2O8S. The number of carbonyl (C=O) groups is 2. The summed E-state index contributed by atoms with van der Waals surface area (Å²) in [5, 5.41) is 38.2. The largest absolute Gasteiger partial charge is 0.507 e. The zero-order valence-corrected chi connectivity index (χ0v) is 26.0. The van der Waals surface area contributed by atoms with Crippen LogP contribution in [-0.4, -0.2) is 66.0 Å². The first kappa shape index (κ1) is 33.6. The molecule has 0 radical (unpaired) electrons. The van der Waals surface area contributed by atoms with Crippen molar-refractivity contribution < 1.29 is 39.1 Å². The Kier molecular flexibility index (Phi) is 11.7. The SMILES string of the molecule is CO[C@H]1C=C/C=C(\C)C(=O)Nc2cc(O)c(-c3cccs3)c(c2O)/C=C(\C)C[C@H](OC)[C@H](O)[C@@H](C)/C=C(\C)[C@@H]1OC(N)=O. The van der Waals surface area contributed by atoms with Crippen LogP contribution in [0.25, 0.3) is 16.5 Å². The van der Waals surface area contributed by atoms with Gasteiger partial charge in [-0.2, -0.15) is 0 Å². The molecule has 1 aromatic heterocycles. The first-order chi connectivity index (χ1) is 20.4. The van der Waals surface area contributed by atoms with Crippen molar-refractivity contribution in [3.8, 4) is 21.9 Å². The van der Waals surface area contributed by atoms with Gasteiger partial charge in [0, 0.05) is 47.8 Å². The van der Waals surface area contributed by atoms with Crippen LogP contribution < -0.4 is 11.1 Å². The number of ether oxygens (including phenoxy) is 3. The number of nitrogens with one attached hydrogen (secondary N) is 1. The van der Waals surface area contributed by atoms with Crippen LogP contribution in [0.2, 0.25) is 0 Å². The number of carbonyl (C=O) groups excluding carboxylic acids is 2. The number of hydrogen-bond acceptors (Lipinski definition) is 9. The van der Waals surface area contributed by atoms with E-state index in [2.05, 4.69) is 5.32 Å². The molecule has 1 aliphatic rings. The molecule has 2 heterocycles. The van der Waals surface area contributed by atoms with E-state index in [1.165, 1.54) is 37.7 Å². The number of aliphatic hydroxyl groups excluding tert-OH is 1. The van der Waals surface area contributed by atoms with Gasteiger partial charge in [-0.25, -0.2) is 4.79 Å². The fourth-order valence-electron chi connectivity index (χ4n) is 4.96. The van der Waals surface area contributed by atoms with Crippen molar-refractivity contribution in [3.05, 3.63) is 70.2 Å². The number of phenolic OH excluding ortho intramolecular Hbond substituents is 2. The maximum atomic E-state index is 13.1. The number of allylic oxidation sites excluding steroid dienone is 2. The molecule has 0 fully saturated rings. The Morgan fingerprint density at radius 2 is 1.88 bits per heavy atom. The number of aromatic hydroxyl groups is 2. The lowest BCUT2D eigenvalue weighted by Gasteiger charge is -2.28. The monoisotopic (exact) mass is 612 g/mol. The summed E-state index contributed by atoms with van der Waals surface area (Å²) in [5.74, 6) is -1.30. The van der Waals surface area contributed by atoms with Gasteiger partial charge in [-0.15, -0.1) is 11.3 Å². The van der Waals surface area contributed by atoms with Crippen molar-refractivity contribution in [3.63, 3.8) is 0 Å². The molecule has 10 nitrogen and oxygen atoms in total. The number of fused-ring (bicyclic) bond motifs is 2. The molecule has 0 saturated carbocycles. The van der Waals surface area contributed by atoms with E-state index < -0.39 is 42.3 Å². The summed E-state index contributed by atoms with van der Waals surface area (Å²) in [6, 6.07) is 4.97. The van der Waals surface area contributed by atoms with E-state index in [0.29, 0.717) is 16.7 Å². The number of anilines is 1. The number of primary amides is 1. The van der Waals surface area contributed by atoms with E-state index in [0.717, 1.165) is 10.5 Å². The molecule has 1 aliphatic heterocycles. The standard InChI is InChI=1S/C32H40N2O8S/c1-17-13-21-27(26-11-8-12-43-26)23(35)16-22(29(21)37)34-31(38)18(2)9-7-10-24(40-5)30(42-32(33)39)20(4)15-19(3)28(36)25(14-17)41-6/h7-13,15-16,19,24-25,28,30,35-37H,14H2,1-6H3,(H2,33,39)(H,34,38)/b10-7?,17-13+,18-9+,20-15+/t19-,24-,25-,28+,30-/m0/s1. The van der Waals surface area contributed by atoms with Crippen LogP contribution in [0.15, 0.2) is 64.6 Å². The third-order valence-corrected chi connectivity index (χ3v) is 8.15. The lowest BCUT2D eigenvalue weighted by molar-refractivity contribution is -0.112. The Labute approximate surface area is 255 Å². The van der Waals surface area contributed by atoms with E-state index in [9.17, 15) is 24.9 Å². The van der Waals surface area contributed by atoms with Gasteiger partial charge in [-0.1, -0.05) is 48.9 Å². The van der Waals surface area contributed by atoms with E-state index >= 15 is 0 Å². The lowest BCUT2D eigenvalue weighted by atomic mass is 9.91. The third kappa shape index (κ3) is 8.35. The summed E-state index contributed by atoms with van der Waals surface area (Å²) in [6.07, 6.45) is 4.21. The predicted molar refractivity (Wildman–Crippen MR) is 168 cm³/mol. The average molecular weight is 613 g/mol. The van der Waals surface area contributed by atoms with Gasteiger partial charge in [0.25, 0.3) is 5.91 Å². The van der Waals surface area contributed by atoms with Gasteiger partial charge in [-0.05, 0) is 44.2 Å². The Morgan fingerprint density at radius 3 is 2.49 bits per heavy atom. The highest BCUT2D eigenvalue weighted by Crippen LogP contribution is 2.45. The smallest absolute Gasteiger partial charge is 0.405 e. The van der Waals surface area contributed by atoms with Gasteiger partial charge >= 0.3 is 6.09 Å². The number of hydrogen-bond donors (Lipinski definition) is 5. The number of rotatable bonds is 4. The molecule has 0 unspecified atom stereocenters. The number of nitrogens with two attached hydrogens (primary N) is 1. The predicted octanol–water partition coefficient (Wildman–Crippen LogP) is 5.51. The minimum Gasteiger partial charge on any atom is -0.507 e. The summed E-state index contributed by atoms with van der Waals surface area (Å²) < 4.78 is 16.6. The van der Waals surface area contributed by atoms with E-state index in [-0.39, 0.29) is 29.2 Å². The first-order valence-electron chi connectivity index (χ1n) is 13.7. The van der Waals surface area contributed by atoms with Gasteiger partial charge in [0.1, 0.15) is 17.6 Å². The van der Waals surface area contributed by atoms with E-state index in [1.54, 1.807) is 38.2 Å². The summed E-state index contributed by atoms with van der Waals surface area (Å²) in [7, 11) is 2.94. The maximum absolute atomic E-state index is 13.1. The highest BCUT2D eigenvalue weighted by Gasteiger charge is 2.29. The van der Waals surface area contributed by atoms with Crippen LogP contribution in [0.1, 0.15) is 39.7 Å². The summed E-state index contributed by atoms with van der Waals surface area (Å²) in [4.78, 5) is 25.6. The minimum atomic E-state index is -0.992. The van der Waals surface area contributed by atoms with Crippen LogP contribution in [0.4, 0.5) is 10.5 Å². The van der Waals surface area contributed by atoms with Crippen molar-refractivity contribution in [2.24, 2.45) is 11.7 Å². The third-order valence-electron chi connectivity index (χ3n) is 7.26. The molecule has 0 saturated heterocycles. The fraction of sp³-hybridized carbons (Fsp3) is 0.375. The molecule has 43 heavy (non-hydrogen) atoms. The number of phenols is 2. The quantitative estimate of drug-likeness (QED) is 0.172. The molecule has 232 valence electrons. The highest BCUT2D eigenvalue weighted by atomic mass is 32.1. The Balaban J connectivity index is 2.20. The Bertz CT molecular complexity index is 1430. The molecule has 11 heteroatoms. The number of methoxy groups -OCH3 is 2. The molecule has 6 N–H and O–H groups in total. The lowest BCUT2D eigenvalue weighted by Crippen LogP contribution is -2.36. The Hall–Kier alpha value is -3.90. The van der Waals surface area contributed by atoms with Crippen molar-refractivity contribution in [1.29, 1.82) is 0 Å². The summed E-state index contributed by atoms with van der Waals surface area (Å²) in [6.45, 7) is 6.97. The first-order valence-corrected chi connectivity index (χ1v) is 14.6. The van der Waals surface area contributed by atoms with Crippen molar-refractivity contribution in [2.75, 3.05) is 19.5 Å². The molecule has 3 rings (SSSR count). The fourth-order valence-corrected chi connectivity index (χ4v) is 5.75. The van der Waals surface area contributed by atoms with Crippen LogP contribution >= 0.6 is 11.3 Å². The molecule has 2 amide bonds. The van der Waals surface area contributed by atoms with Gasteiger partial charge in [0.15, 0.2) is 6.10 Å². The van der Waals surface area contributed by atoms with Gasteiger partial charge in [0.2, 0.25) is 0 Å². The van der Waals surface area contributed by atoms with Crippen LogP contribution in [0, 0.1) is 5.92 Å². The van der Waals surface area contributed by atoms with E-state index in [1.807, 2.05) is 31.4 Å². The highest BCUT2D eigenvalue weighted by molar-refractivity contribution is 7.13. The molecule has 2 aromatic rings. The van der Waals surface area contributed by atoms with Crippen molar-refractivity contribution in [2.45, 2.75) is 58.5 Å². The number of amides is 2. The second kappa shape index (κ2) is 15.0. The van der Waals surface area contributed by atoms with E-state index in [4.69, 9.17) is 19.9 Å². The normalized spacial score (nSPS) is 27.7. The van der Waals surface area contributed by atoms with Crippen LogP contribution in [0.3, 0.4) is 0 Å². The van der Waals surface area contributed by atoms with Crippen molar-refractivity contribution in [1.82, 2.24) is 0 Å². The number of thiophene rings is 1. The molecule has 0 aliphatic carbocycles. The van der Waals surface area contributed by atoms with Crippen molar-refractivity contribution >= 4 is 35.1 Å². The number of aliphatic hydroxyl groups is 1.